The van der Waals surface area contributed by atoms with Gasteiger partial charge in [-0.05, 0) is 31.1 Å². The van der Waals surface area contributed by atoms with Gasteiger partial charge in [0.1, 0.15) is 13.2 Å². The Bertz CT molecular complexity index is 421. The number of carboxylic acids is 1. The van der Waals surface area contributed by atoms with E-state index in [-0.39, 0.29) is 13.2 Å². The number of rotatable bonds is 5. The predicted octanol–water partition coefficient (Wildman–Crippen LogP) is 1.18. The molecule has 0 bridgehead atoms. The third-order valence-corrected chi connectivity index (χ3v) is 3.53. The maximum Gasteiger partial charge on any atom is 0.329 e. The largest absolute Gasteiger partial charge is 0.480 e. The van der Waals surface area contributed by atoms with E-state index in [4.69, 9.17) is 14.3 Å². The lowest BCUT2D eigenvalue weighted by molar-refractivity contribution is -0.142. The highest BCUT2D eigenvalue weighted by Crippen LogP contribution is 2.57. The van der Waals surface area contributed by atoms with E-state index in [9.17, 15) is 4.79 Å². The normalized spacial score (nSPS) is 30.2. The summed E-state index contributed by atoms with van der Waals surface area (Å²) in [5.74, 6) is 2.20. The van der Waals surface area contributed by atoms with Crippen LogP contribution >= 0.6 is 0 Å². The van der Waals surface area contributed by atoms with Crippen molar-refractivity contribution in [2.45, 2.75) is 31.8 Å². The molecule has 6 heteroatoms. The molecule has 0 spiro atoms. The maximum absolute atomic E-state index is 10.3. The van der Waals surface area contributed by atoms with Crippen molar-refractivity contribution in [1.29, 1.82) is 0 Å². The molecular weight excluding hydrogens is 224 g/mol. The molecule has 0 aliphatic heterocycles. The molecule has 0 amide bonds. The minimum absolute atomic E-state index is 0.0683. The molecule has 2 unspecified atom stereocenters. The second-order valence-corrected chi connectivity index (χ2v) is 4.84. The summed E-state index contributed by atoms with van der Waals surface area (Å²) in [5.41, 5.74) is 0. The van der Waals surface area contributed by atoms with E-state index >= 15 is 0 Å². The Morgan fingerprint density at radius 3 is 2.82 bits per heavy atom. The van der Waals surface area contributed by atoms with E-state index in [2.05, 4.69) is 10.2 Å². The fraction of sp³-hybridized carbons (Fsp3) is 0.727. The number of fused-ring (bicyclic) bond motifs is 1. The fourth-order valence-electron chi connectivity index (χ4n) is 2.63. The summed E-state index contributed by atoms with van der Waals surface area (Å²) in [7, 11) is 0. The Kier molecular flexibility index (Phi) is 2.58. The van der Waals surface area contributed by atoms with Crippen LogP contribution in [0.2, 0.25) is 0 Å². The van der Waals surface area contributed by atoms with Crippen molar-refractivity contribution < 1.29 is 19.1 Å². The average Bonchev–Trinajstić information content (AvgIpc) is 2.76. The van der Waals surface area contributed by atoms with Crippen molar-refractivity contribution >= 4 is 5.97 Å². The first-order chi connectivity index (χ1) is 8.22. The number of carbonyl (C=O) groups is 1. The summed E-state index contributed by atoms with van der Waals surface area (Å²) in [4.78, 5) is 10.3. The number of hydrogen-bond donors (Lipinski definition) is 1. The van der Waals surface area contributed by atoms with Gasteiger partial charge in [0.05, 0.1) is 0 Å². The fourth-order valence-corrected chi connectivity index (χ4v) is 2.63. The second kappa shape index (κ2) is 4.10. The summed E-state index contributed by atoms with van der Waals surface area (Å²) in [6.45, 7) is -0.274. The topological polar surface area (TPSA) is 85.5 Å². The van der Waals surface area contributed by atoms with Gasteiger partial charge in [0.15, 0.2) is 0 Å². The van der Waals surface area contributed by atoms with Crippen molar-refractivity contribution in [3.63, 3.8) is 0 Å². The Balaban J connectivity index is 1.53. The highest BCUT2D eigenvalue weighted by molar-refractivity contribution is 5.67. The van der Waals surface area contributed by atoms with Gasteiger partial charge in [0.25, 0.3) is 0 Å². The maximum atomic E-state index is 10.3. The molecule has 2 saturated carbocycles. The lowest BCUT2D eigenvalue weighted by Crippen LogP contribution is -2.06. The molecule has 17 heavy (non-hydrogen) atoms. The summed E-state index contributed by atoms with van der Waals surface area (Å²) in [6.07, 6.45) is 3.67. The van der Waals surface area contributed by atoms with Gasteiger partial charge in [0, 0.05) is 5.92 Å². The minimum Gasteiger partial charge on any atom is -0.480 e. The Morgan fingerprint density at radius 1 is 1.35 bits per heavy atom. The lowest BCUT2D eigenvalue weighted by Gasteiger charge is -2.04. The average molecular weight is 238 g/mol. The van der Waals surface area contributed by atoms with Crippen LogP contribution in [-0.2, 0) is 16.1 Å². The SMILES string of the molecule is O=C(O)COCc1nnc(C2CC3CC3C2)o1. The number of ether oxygens (including phenoxy) is 1. The van der Waals surface area contributed by atoms with Crippen molar-refractivity contribution in [3.8, 4) is 0 Å². The summed E-state index contributed by atoms with van der Waals surface area (Å²) >= 11 is 0. The molecule has 0 radical (unpaired) electrons. The van der Waals surface area contributed by atoms with Gasteiger partial charge in [0.2, 0.25) is 11.8 Å². The molecule has 0 aromatic carbocycles. The first-order valence-corrected chi connectivity index (χ1v) is 5.84. The van der Waals surface area contributed by atoms with E-state index in [1.165, 1.54) is 6.42 Å². The van der Waals surface area contributed by atoms with Crippen LogP contribution in [0.5, 0.6) is 0 Å². The number of carboxylic acid groups (broad SMARTS) is 1. The summed E-state index contributed by atoms with van der Waals surface area (Å²) in [6, 6.07) is 0. The molecular formula is C11H14N2O4. The van der Waals surface area contributed by atoms with E-state index in [1.807, 2.05) is 0 Å². The van der Waals surface area contributed by atoms with Gasteiger partial charge < -0.3 is 14.3 Å². The van der Waals surface area contributed by atoms with Crippen molar-refractivity contribution in [1.82, 2.24) is 10.2 Å². The van der Waals surface area contributed by atoms with Crippen LogP contribution in [-0.4, -0.2) is 27.9 Å². The van der Waals surface area contributed by atoms with Crippen LogP contribution in [0.4, 0.5) is 0 Å². The van der Waals surface area contributed by atoms with Gasteiger partial charge in [-0.15, -0.1) is 10.2 Å². The number of nitrogens with zero attached hydrogens (tertiary/aromatic N) is 2. The molecule has 92 valence electrons. The molecule has 1 heterocycles. The van der Waals surface area contributed by atoms with Crippen LogP contribution in [0.15, 0.2) is 4.42 Å². The van der Waals surface area contributed by atoms with E-state index < -0.39 is 5.97 Å². The Morgan fingerprint density at radius 2 is 2.12 bits per heavy atom. The summed E-state index contributed by atoms with van der Waals surface area (Å²) in [5, 5.41) is 16.3. The number of aliphatic carboxylic acids is 1. The van der Waals surface area contributed by atoms with Crippen molar-refractivity contribution in [2.75, 3.05) is 6.61 Å². The van der Waals surface area contributed by atoms with Gasteiger partial charge >= 0.3 is 5.97 Å². The molecule has 2 fully saturated rings. The third kappa shape index (κ3) is 2.31. The van der Waals surface area contributed by atoms with Crippen LogP contribution < -0.4 is 0 Å². The lowest BCUT2D eigenvalue weighted by atomic mass is 10.0. The monoisotopic (exact) mass is 238 g/mol. The van der Waals surface area contributed by atoms with Gasteiger partial charge in [-0.2, -0.15) is 0 Å². The first-order valence-electron chi connectivity index (χ1n) is 5.84. The van der Waals surface area contributed by atoms with Gasteiger partial charge in [-0.3, -0.25) is 0 Å². The Labute approximate surface area is 98.0 Å². The molecule has 6 nitrogen and oxygen atoms in total. The molecule has 1 aromatic heterocycles. The van der Waals surface area contributed by atoms with E-state index in [1.54, 1.807) is 0 Å². The van der Waals surface area contributed by atoms with Crippen LogP contribution in [0.1, 0.15) is 37.0 Å². The van der Waals surface area contributed by atoms with Gasteiger partial charge in [-0.1, -0.05) is 0 Å². The molecule has 2 aliphatic carbocycles. The molecule has 0 saturated heterocycles. The number of hydrogen-bond acceptors (Lipinski definition) is 5. The molecule has 1 aromatic rings. The highest BCUT2D eigenvalue weighted by atomic mass is 16.5. The zero-order chi connectivity index (χ0) is 11.8. The quantitative estimate of drug-likeness (QED) is 0.829. The molecule has 2 atom stereocenters. The third-order valence-electron chi connectivity index (χ3n) is 3.53. The molecule has 1 N–H and O–H groups in total. The van der Waals surface area contributed by atoms with Crippen molar-refractivity contribution in [2.24, 2.45) is 11.8 Å². The molecule has 2 aliphatic rings. The van der Waals surface area contributed by atoms with Crippen LogP contribution in [0, 0.1) is 11.8 Å². The molecule has 3 rings (SSSR count). The highest BCUT2D eigenvalue weighted by Gasteiger charge is 2.47. The van der Waals surface area contributed by atoms with Crippen molar-refractivity contribution in [3.05, 3.63) is 11.8 Å². The van der Waals surface area contributed by atoms with Crippen LogP contribution in [0.3, 0.4) is 0 Å². The van der Waals surface area contributed by atoms with Crippen LogP contribution in [0.25, 0.3) is 0 Å². The summed E-state index contributed by atoms with van der Waals surface area (Å²) < 4.78 is 10.4. The smallest absolute Gasteiger partial charge is 0.329 e. The zero-order valence-electron chi connectivity index (χ0n) is 9.33. The van der Waals surface area contributed by atoms with Gasteiger partial charge in [-0.25, -0.2) is 4.79 Å². The Hall–Kier alpha value is -1.43. The van der Waals surface area contributed by atoms with E-state index in [0.29, 0.717) is 17.7 Å². The van der Waals surface area contributed by atoms with E-state index in [0.717, 1.165) is 24.7 Å². The predicted molar refractivity (Wildman–Crippen MR) is 55.2 cm³/mol. The zero-order valence-corrected chi connectivity index (χ0v) is 9.33. The first kappa shape index (κ1) is 10.7. The second-order valence-electron chi connectivity index (χ2n) is 4.84. The standard InChI is InChI=1S/C11H14N2O4/c14-10(15)5-16-4-9-12-13-11(17-9)8-2-6-1-7(6)3-8/h6-8H,1-5H2,(H,14,15). The minimum atomic E-state index is -0.999. The number of aromatic nitrogens is 2.